The van der Waals surface area contributed by atoms with Crippen molar-refractivity contribution in [1.29, 1.82) is 0 Å². The van der Waals surface area contributed by atoms with Crippen molar-refractivity contribution in [3.63, 3.8) is 0 Å². The number of carbonyl (C=O) groups excluding carboxylic acids is 1. The molecule has 0 aliphatic carbocycles. The Balaban J connectivity index is 1.73. The Labute approximate surface area is 147 Å². The highest BCUT2D eigenvalue weighted by molar-refractivity contribution is 7.92. The molecular formula is C18H21N3O3S. The van der Waals surface area contributed by atoms with Crippen molar-refractivity contribution in [2.45, 2.75) is 20.3 Å². The third-order valence-corrected chi connectivity index (χ3v) is 5.40. The van der Waals surface area contributed by atoms with Gasteiger partial charge in [0.05, 0.1) is 11.9 Å². The average molecular weight is 359 g/mol. The molecule has 0 radical (unpaired) electrons. The van der Waals surface area contributed by atoms with Crippen LogP contribution in [-0.4, -0.2) is 27.2 Å². The number of hydrogen-bond acceptors (Lipinski definition) is 3. The Hall–Kier alpha value is -2.54. The van der Waals surface area contributed by atoms with Gasteiger partial charge in [-0.25, -0.2) is 13.2 Å². The molecule has 1 aliphatic rings. The van der Waals surface area contributed by atoms with Gasteiger partial charge in [0.15, 0.2) is 0 Å². The van der Waals surface area contributed by atoms with Gasteiger partial charge in [0.2, 0.25) is 10.0 Å². The van der Waals surface area contributed by atoms with Crippen LogP contribution in [0.3, 0.4) is 0 Å². The molecule has 2 aromatic rings. The Bertz CT molecular complexity index is 939. The minimum Gasteiger partial charge on any atom is -0.308 e. The molecule has 0 saturated carbocycles. The third-order valence-electron chi connectivity index (χ3n) is 4.22. The Morgan fingerprint density at radius 3 is 2.52 bits per heavy atom. The van der Waals surface area contributed by atoms with Gasteiger partial charge in [-0.05, 0) is 55.7 Å². The van der Waals surface area contributed by atoms with Crippen LogP contribution in [0.4, 0.5) is 21.9 Å². The highest BCUT2D eigenvalue weighted by atomic mass is 32.2. The second kappa shape index (κ2) is 6.40. The number of rotatable bonds is 3. The van der Waals surface area contributed by atoms with Gasteiger partial charge in [-0.2, -0.15) is 0 Å². The number of urea groups is 1. The molecule has 25 heavy (non-hydrogen) atoms. The maximum Gasteiger partial charge on any atom is 0.323 e. The minimum atomic E-state index is -3.27. The van der Waals surface area contributed by atoms with E-state index in [1.54, 1.807) is 12.1 Å². The van der Waals surface area contributed by atoms with Crippen molar-refractivity contribution >= 4 is 33.1 Å². The van der Waals surface area contributed by atoms with Crippen LogP contribution in [0.2, 0.25) is 0 Å². The summed E-state index contributed by atoms with van der Waals surface area (Å²) in [4.78, 5) is 12.2. The number of nitrogens with one attached hydrogen (secondary N) is 2. The van der Waals surface area contributed by atoms with Crippen molar-refractivity contribution in [2.75, 3.05) is 27.7 Å². The summed E-state index contributed by atoms with van der Waals surface area (Å²) in [5.74, 6) is 0. The van der Waals surface area contributed by atoms with Crippen LogP contribution in [0.5, 0.6) is 0 Å². The number of aryl methyl sites for hydroxylation is 2. The van der Waals surface area contributed by atoms with Gasteiger partial charge in [0.25, 0.3) is 0 Å². The van der Waals surface area contributed by atoms with Gasteiger partial charge in [0, 0.05) is 17.9 Å². The van der Waals surface area contributed by atoms with Crippen molar-refractivity contribution in [2.24, 2.45) is 0 Å². The van der Waals surface area contributed by atoms with Gasteiger partial charge in [-0.3, -0.25) is 4.31 Å². The Morgan fingerprint density at radius 1 is 1.08 bits per heavy atom. The van der Waals surface area contributed by atoms with E-state index in [1.165, 1.54) is 10.6 Å². The summed E-state index contributed by atoms with van der Waals surface area (Å²) in [6.07, 6.45) is 1.84. The second-order valence-electron chi connectivity index (χ2n) is 6.33. The SMILES string of the molecule is Cc1ccc(NC(=O)Nc2ccc3c(c2)CCN3S(C)(=O)=O)c(C)c1. The second-order valence-corrected chi connectivity index (χ2v) is 8.23. The number of nitrogens with zero attached hydrogens (tertiary/aromatic N) is 1. The fourth-order valence-corrected chi connectivity index (χ4v) is 3.99. The number of hydrogen-bond donors (Lipinski definition) is 2. The monoisotopic (exact) mass is 359 g/mol. The standard InChI is InChI=1S/C18H21N3O3S/c1-12-4-6-16(13(2)10-12)20-18(22)19-15-5-7-17-14(11-15)8-9-21(17)25(3,23)24/h4-7,10-11H,8-9H2,1-3H3,(H2,19,20,22). The summed E-state index contributed by atoms with van der Waals surface area (Å²) in [6, 6.07) is 10.8. The van der Waals surface area contributed by atoms with E-state index in [1.807, 2.05) is 38.1 Å². The number of amides is 2. The highest BCUT2D eigenvalue weighted by Gasteiger charge is 2.26. The maximum atomic E-state index is 12.2. The largest absolute Gasteiger partial charge is 0.323 e. The summed E-state index contributed by atoms with van der Waals surface area (Å²) in [7, 11) is -3.27. The van der Waals surface area contributed by atoms with Crippen LogP contribution in [0, 0.1) is 13.8 Å². The van der Waals surface area contributed by atoms with Crippen LogP contribution in [-0.2, 0) is 16.4 Å². The molecule has 2 N–H and O–H groups in total. The Morgan fingerprint density at radius 2 is 1.84 bits per heavy atom. The van der Waals surface area contributed by atoms with Gasteiger partial charge in [-0.15, -0.1) is 0 Å². The third kappa shape index (κ3) is 3.76. The molecule has 0 bridgehead atoms. The smallest absolute Gasteiger partial charge is 0.308 e. The van der Waals surface area contributed by atoms with Crippen molar-refractivity contribution < 1.29 is 13.2 Å². The molecule has 6 nitrogen and oxygen atoms in total. The fraction of sp³-hybridized carbons (Fsp3) is 0.278. The van der Waals surface area contributed by atoms with Crippen molar-refractivity contribution in [3.05, 3.63) is 53.1 Å². The van der Waals surface area contributed by atoms with Crippen LogP contribution < -0.4 is 14.9 Å². The molecule has 3 rings (SSSR count). The zero-order chi connectivity index (χ0) is 18.2. The first kappa shape index (κ1) is 17.3. The van der Waals surface area contributed by atoms with Crippen LogP contribution >= 0.6 is 0 Å². The molecule has 2 amide bonds. The Kier molecular flexibility index (Phi) is 4.43. The molecule has 0 spiro atoms. The lowest BCUT2D eigenvalue weighted by molar-refractivity contribution is 0.262. The molecule has 0 aromatic heterocycles. The van der Waals surface area contributed by atoms with Gasteiger partial charge >= 0.3 is 6.03 Å². The van der Waals surface area contributed by atoms with E-state index in [0.29, 0.717) is 24.3 Å². The molecule has 0 saturated heterocycles. The zero-order valence-electron chi connectivity index (χ0n) is 14.5. The summed E-state index contributed by atoms with van der Waals surface area (Å²) in [5, 5.41) is 5.63. The quantitative estimate of drug-likeness (QED) is 0.883. The van der Waals surface area contributed by atoms with E-state index in [9.17, 15) is 13.2 Å². The van der Waals surface area contributed by atoms with Crippen LogP contribution in [0.15, 0.2) is 36.4 Å². The van der Waals surface area contributed by atoms with E-state index >= 15 is 0 Å². The minimum absolute atomic E-state index is 0.329. The van der Waals surface area contributed by atoms with E-state index in [2.05, 4.69) is 10.6 Å². The first-order chi connectivity index (χ1) is 11.7. The number of carbonyl (C=O) groups is 1. The predicted octanol–water partition coefficient (Wildman–Crippen LogP) is 3.27. The summed E-state index contributed by atoms with van der Waals surface area (Å²) in [5.41, 5.74) is 5.12. The lowest BCUT2D eigenvalue weighted by Crippen LogP contribution is -2.27. The van der Waals surface area contributed by atoms with Crippen molar-refractivity contribution in [3.8, 4) is 0 Å². The molecule has 2 aromatic carbocycles. The number of sulfonamides is 1. The van der Waals surface area contributed by atoms with Gasteiger partial charge in [-0.1, -0.05) is 17.7 Å². The molecule has 132 valence electrons. The lowest BCUT2D eigenvalue weighted by Gasteiger charge is -2.16. The first-order valence-electron chi connectivity index (χ1n) is 8.00. The average Bonchev–Trinajstić information content (AvgIpc) is 2.93. The molecule has 0 fully saturated rings. The topological polar surface area (TPSA) is 78.5 Å². The van der Waals surface area contributed by atoms with Gasteiger partial charge in [0.1, 0.15) is 0 Å². The summed E-state index contributed by atoms with van der Waals surface area (Å²) >= 11 is 0. The van der Waals surface area contributed by atoms with Crippen LogP contribution in [0.1, 0.15) is 16.7 Å². The molecule has 7 heteroatoms. The van der Waals surface area contributed by atoms with E-state index in [0.717, 1.165) is 22.4 Å². The normalized spacial score (nSPS) is 13.5. The van der Waals surface area contributed by atoms with Gasteiger partial charge < -0.3 is 10.6 Å². The van der Waals surface area contributed by atoms with E-state index < -0.39 is 10.0 Å². The molecule has 1 aliphatic heterocycles. The molecule has 1 heterocycles. The van der Waals surface area contributed by atoms with Crippen LogP contribution in [0.25, 0.3) is 0 Å². The highest BCUT2D eigenvalue weighted by Crippen LogP contribution is 2.32. The lowest BCUT2D eigenvalue weighted by atomic mass is 10.1. The number of anilines is 3. The summed E-state index contributed by atoms with van der Waals surface area (Å²) < 4.78 is 24.9. The molecular weight excluding hydrogens is 338 g/mol. The summed E-state index contributed by atoms with van der Waals surface area (Å²) in [6.45, 7) is 4.38. The van der Waals surface area contributed by atoms with Crippen molar-refractivity contribution in [1.82, 2.24) is 0 Å². The predicted molar refractivity (Wildman–Crippen MR) is 101 cm³/mol. The zero-order valence-corrected chi connectivity index (χ0v) is 15.3. The number of fused-ring (bicyclic) bond motifs is 1. The first-order valence-corrected chi connectivity index (χ1v) is 9.85. The maximum absolute atomic E-state index is 12.2. The van der Waals surface area contributed by atoms with E-state index in [-0.39, 0.29) is 6.03 Å². The number of benzene rings is 2. The van der Waals surface area contributed by atoms with E-state index in [4.69, 9.17) is 0 Å². The molecule has 0 atom stereocenters. The fourth-order valence-electron chi connectivity index (χ4n) is 3.03. The molecule has 0 unspecified atom stereocenters.